The molecule has 1 saturated carbocycles. The van der Waals surface area contributed by atoms with Gasteiger partial charge in [-0.3, -0.25) is 0 Å². The summed E-state index contributed by atoms with van der Waals surface area (Å²) in [6.07, 6.45) is 24.2. The van der Waals surface area contributed by atoms with E-state index in [9.17, 15) is 0 Å². The molecule has 0 aromatic heterocycles. The van der Waals surface area contributed by atoms with E-state index in [1.165, 1.54) is 83.5 Å². The summed E-state index contributed by atoms with van der Waals surface area (Å²) >= 11 is 0. The lowest BCUT2D eigenvalue weighted by atomic mass is 9.77. The van der Waals surface area contributed by atoms with Crippen LogP contribution in [0.3, 0.4) is 0 Å². The molecule has 2 aliphatic carbocycles. The first-order chi connectivity index (χ1) is 10.3. The summed E-state index contributed by atoms with van der Waals surface area (Å²) in [5.74, 6) is 4.00. The van der Waals surface area contributed by atoms with Gasteiger partial charge in [-0.15, -0.1) is 0 Å². The van der Waals surface area contributed by atoms with Crippen molar-refractivity contribution in [1.29, 1.82) is 0 Å². The van der Waals surface area contributed by atoms with Crippen molar-refractivity contribution in [3.63, 3.8) is 0 Å². The van der Waals surface area contributed by atoms with Crippen LogP contribution < -0.4 is 0 Å². The quantitative estimate of drug-likeness (QED) is 0.264. The minimum absolute atomic E-state index is 0.956. The average Bonchev–Trinajstić information content (AvgIpc) is 3.11. The number of hydrogen-bond donors (Lipinski definition) is 0. The Morgan fingerprint density at radius 2 is 1.48 bits per heavy atom. The minimum atomic E-state index is 0.956. The molecule has 0 aromatic rings. The standard InChI is InChI=1S/C21H38/c1-3-5-6-7-8-9-10-11-13-19(12-4-2)21-17-18-14-15-20(21)16-18/h14-15,18-21H,3-13,16-17H2,1-2H3. The van der Waals surface area contributed by atoms with Gasteiger partial charge >= 0.3 is 0 Å². The van der Waals surface area contributed by atoms with Gasteiger partial charge in [-0.25, -0.2) is 0 Å². The van der Waals surface area contributed by atoms with Crippen LogP contribution in [0, 0.1) is 23.7 Å². The zero-order chi connectivity index (χ0) is 14.9. The second kappa shape index (κ2) is 9.70. The summed E-state index contributed by atoms with van der Waals surface area (Å²) in [6.45, 7) is 4.68. The van der Waals surface area contributed by atoms with Crippen molar-refractivity contribution in [2.24, 2.45) is 23.7 Å². The first-order valence-electron chi connectivity index (χ1n) is 10.0. The van der Waals surface area contributed by atoms with E-state index in [1.54, 1.807) is 0 Å². The van der Waals surface area contributed by atoms with E-state index in [-0.39, 0.29) is 0 Å². The van der Waals surface area contributed by atoms with Crippen molar-refractivity contribution in [1.82, 2.24) is 0 Å². The first kappa shape index (κ1) is 17.1. The Labute approximate surface area is 133 Å². The molecule has 21 heavy (non-hydrogen) atoms. The fraction of sp³-hybridized carbons (Fsp3) is 0.905. The van der Waals surface area contributed by atoms with E-state index in [2.05, 4.69) is 26.0 Å². The molecule has 4 atom stereocenters. The third kappa shape index (κ3) is 5.46. The van der Waals surface area contributed by atoms with Gasteiger partial charge in [0.05, 0.1) is 0 Å². The highest BCUT2D eigenvalue weighted by molar-refractivity contribution is 5.10. The summed E-state index contributed by atoms with van der Waals surface area (Å²) in [7, 11) is 0. The highest BCUT2D eigenvalue weighted by Crippen LogP contribution is 2.48. The molecule has 0 aliphatic heterocycles. The summed E-state index contributed by atoms with van der Waals surface area (Å²) in [5, 5.41) is 0. The van der Waals surface area contributed by atoms with Gasteiger partial charge in [0.25, 0.3) is 0 Å². The van der Waals surface area contributed by atoms with Crippen LogP contribution in [0.2, 0.25) is 0 Å². The predicted molar refractivity (Wildman–Crippen MR) is 94.5 cm³/mol. The van der Waals surface area contributed by atoms with E-state index in [4.69, 9.17) is 0 Å². The van der Waals surface area contributed by atoms with Gasteiger partial charge in [0, 0.05) is 0 Å². The van der Waals surface area contributed by atoms with Crippen LogP contribution in [-0.4, -0.2) is 0 Å². The Morgan fingerprint density at radius 1 is 0.762 bits per heavy atom. The maximum absolute atomic E-state index is 2.55. The smallest absolute Gasteiger partial charge is 0.0197 e. The zero-order valence-electron chi connectivity index (χ0n) is 14.7. The van der Waals surface area contributed by atoms with Gasteiger partial charge in [-0.2, -0.15) is 0 Å². The molecule has 2 bridgehead atoms. The van der Waals surface area contributed by atoms with Crippen LogP contribution in [0.5, 0.6) is 0 Å². The SMILES string of the molecule is CCCCCCCCCCC(CCC)C1CC2C=CC1C2. The molecule has 0 amide bonds. The molecule has 4 unspecified atom stereocenters. The van der Waals surface area contributed by atoms with Gasteiger partial charge < -0.3 is 0 Å². The van der Waals surface area contributed by atoms with E-state index >= 15 is 0 Å². The molecule has 2 aliphatic rings. The topological polar surface area (TPSA) is 0 Å². The normalized spacial score (nSPS) is 28.4. The van der Waals surface area contributed by atoms with Crippen molar-refractivity contribution in [3.05, 3.63) is 12.2 Å². The van der Waals surface area contributed by atoms with E-state index in [0.717, 1.165) is 23.7 Å². The Kier molecular flexibility index (Phi) is 7.89. The fourth-order valence-electron chi connectivity index (χ4n) is 4.85. The zero-order valence-corrected chi connectivity index (χ0v) is 14.7. The molecule has 0 saturated heterocycles. The molecular formula is C21H38. The highest BCUT2D eigenvalue weighted by Gasteiger charge is 2.39. The Hall–Kier alpha value is -0.260. The van der Waals surface area contributed by atoms with Gasteiger partial charge in [0.1, 0.15) is 0 Å². The number of unbranched alkanes of at least 4 members (excludes halogenated alkanes) is 7. The Bertz CT molecular complexity index is 290. The maximum Gasteiger partial charge on any atom is -0.0197 e. The summed E-state index contributed by atoms with van der Waals surface area (Å²) in [4.78, 5) is 0. The largest absolute Gasteiger partial charge is 0.0851 e. The third-order valence-electron chi connectivity index (χ3n) is 6.02. The first-order valence-corrected chi connectivity index (χ1v) is 10.0. The van der Waals surface area contributed by atoms with Gasteiger partial charge in [-0.05, 0) is 36.5 Å². The fourth-order valence-corrected chi connectivity index (χ4v) is 4.85. The van der Waals surface area contributed by atoms with E-state index in [1.807, 2.05) is 0 Å². The van der Waals surface area contributed by atoms with Crippen LogP contribution in [0.4, 0.5) is 0 Å². The summed E-state index contributed by atoms with van der Waals surface area (Å²) < 4.78 is 0. The molecule has 0 spiro atoms. The van der Waals surface area contributed by atoms with Gasteiger partial charge in [-0.1, -0.05) is 96.6 Å². The highest BCUT2D eigenvalue weighted by atomic mass is 14.4. The monoisotopic (exact) mass is 290 g/mol. The van der Waals surface area contributed by atoms with Crippen LogP contribution in [-0.2, 0) is 0 Å². The number of hydrogen-bond acceptors (Lipinski definition) is 0. The lowest BCUT2D eigenvalue weighted by Crippen LogP contribution is -2.19. The molecule has 2 rings (SSSR count). The predicted octanol–water partition coefficient (Wildman–Crippen LogP) is 7.15. The Balaban J connectivity index is 1.57. The van der Waals surface area contributed by atoms with E-state index < -0.39 is 0 Å². The van der Waals surface area contributed by atoms with Gasteiger partial charge in [0.2, 0.25) is 0 Å². The molecule has 0 aromatic carbocycles. The average molecular weight is 291 g/mol. The van der Waals surface area contributed by atoms with Gasteiger partial charge in [0.15, 0.2) is 0 Å². The lowest BCUT2D eigenvalue weighted by molar-refractivity contribution is 0.247. The van der Waals surface area contributed by atoms with Crippen molar-refractivity contribution in [2.45, 2.75) is 97.3 Å². The third-order valence-corrected chi connectivity index (χ3v) is 6.02. The molecular weight excluding hydrogens is 252 g/mol. The molecule has 0 N–H and O–H groups in total. The van der Waals surface area contributed by atoms with Crippen LogP contribution in [0.15, 0.2) is 12.2 Å². The van der Waals surface area contributed by atoms with Crippen LogP contribution in [0.25, 0.3) is 0 Å². The number of rotatable bonds is 12. The van der Waals surface area contributed by atoms with Crippen molar-refractivity contribution >= 4 is 0 Å². The minimum Gasteiger partial charge on any atom is -0.0851 e. The van der Waals surface area contributed by atoms with Crippen LogP contribution in [0.1, 0.15) is 97.3 Å². The maximum atomic E-state index is 2.55. The molecule has 0 nitrogen and oxygen atoms in total. The van der Waals surface area contributed by atoms with Crippen LogP contribution >= 0.6 is 0 Å². The molecule has 0 heteroatoms. The van der Waals surface area contributed by atoms with Crippen molar-refractivity contribution in [3.8, 4) is 0 Å². The molecule has 0 heterocycles. The molecule has 0 radical (unpaired) electrons. The van der Waals surface area contributed by atoms with E-state index in [0.29, 0.717) is 0 Å². The molecule has 1 fully saturated rings. The summed E-state index contributed by atoms with van der Waals surface area (Å²) in [6, 6.07) is 0. The van der Waals surface area contributed by atoms with Crippen molar-refractivity contribution in [2.75, 3.05) is 0 Å². The number of fused-ring (bicyclic) bond motifs is 2. The second-order valence-corrected chi connectivity index (χ2v) is 7.76. The lowest BCUT2D eigenvalue weighted by Gasteiger charge is -2.28. The van der Waals surface area contributed by atoms with Crippen molar-refractivity contribution < 1.29 is 0 Å². The summed E-state index contributed by atoms with van der Waals surface area (Å²) in [5.41, 5.74) is 0. The Morgan fingerprint density at radius 3 is 2.05 bits per heavy atom. The number of allylic oxidation sites excluding steroid dienone is 2. The molecule has 122 valence electrons. The second-order valence-electron chi connectivity index (χ2n) is 7.76.